The van der Waals surface area contributed by atoms with E-state index in [1.165, 1.54) is 78.2 Å². The lowest BCUT2D eigenvalue weighted by atomic mass is 9.92. The minimum Gasteiger partial charge on any atom is -0.208 e. The Balaban J connectivity index is 1.09. The number of aromatic nitrogens is 3. The second kappa shape index (κ2) is 12.4. The Morgan fingerprint density at radius 1 is 0.304 bits per heavy atom. The topological polar surface area (TPSA) is 38.7 Å². The van der Waals surface area contributed by atoms with Crippen molar-refractivity contribution in [1.82, 2.24) is 15.0 Å². The summed E-state index contributed by atoms with van der Waals surface area (Å²) in [5.74, 6) is 1.97. The van der Waals surface area contributed by atoms with E-state index in [-0.39, 0.29) is 0 Å². The maximum Gasteiger partial charge on any atom is 0.164 e. The molecule has 0 unspecified atom stereocenters. The number of thiophene rings is 2. The third kappa shape index (κ3) is 4.92. The average Bonchev–Trinajstić information content (AvgIpc) is 3.85. The molecule has 0 aliphatic heterocycles. The van der Waals surface area contributed by atoms with Gasteiger partial charge in [0.1, 0.15) is 0 Å². The van der Waals surface area contributed by atoms with Gasteiger partial charge in [0.25, 0.3) is 0 Å². The van der Waals surface area contributed by atoms with Crippen molar-refractivity contribution in [2.24, 2.45) is 0 Å². The molecule has 12 aromatic rings. The molecule has 0 radical (unpaired) electrons. The molecule has 0 amide bonds. The predicted molar refractivity (Wildman–Crippen MR) is 240 cm³/mol. The summed E-state index contributed by atoms with van der Waals surface area (Å²) in [5.41, 5.74) is 5.21. The molecule has 3 nitrogen and oxygen atoms in total. The van der Waals surface area contributed by atoms with Crippen LogP contribution in [0.5, 0.6) is 0 Å². The second-order valence-corrected chi connectivity index (χ2v) is 16.4. The highest BCUT2D eigenvalue weighted by atomic mass is 32.1. The molecule has 0 spiro atoms. The Morgan fingerprint density at radius 3 is 1.73 bits per heavy atom. The first-order chi connectivity index (χ1) is 27.7. The maximum atomic E-state index is 5.20. The Labute approximate surface area is 329 Å². The van der Waals surface area contributed by atoms with E-state index in [1.807, 2.05) is 29.5 Å². The normalized spacial score (nSPS) is 11.9. The third-order valence-electron chi connectivity index (χ3n) is 11.1. The lowest BCUT2D eigenvalue weighted by molar-refractivity contribution is 1.07. The fourth-order valence-electron chi connectivity index (χ4n) is 8.43. The van der Waals surface area contributed by atoms with E-state index >= 15 is 0 Å². The van der Waals surface area contributed by atoms with E-state index in [0.717, 1.165) is 22.3 Å². The highest BCUT2D eigenvalue weighted by molar-refractivity contribution is 7.28. The molecular formula is C51H29N3S2. The van der Waals surface area contributed by atoms with Gasteiger partial charge < -0.3 is 0 Å². The highest BCUT2D eigenvalue weighted by Gasteiger charge is 2.20. The smallest absolute Gasteiger partial charge is 0.164 e. The van der Waals surface area contributed by atoms with E-state index in [9.17, 15) is 0 Å². The van der Waals surface area contributed by atoms with Crippen molar-refractivity contribution in [2.75, 3.05) is 0 Å². The van der Waals surface area contributed by atoms with Gasteiger partial charge in [0.05, 0.1) is 0 Å². The SMILES string of the molecule is c1ccc(-c2nc(-c3cccc(-c4cc5ccc6ccccc6c5c5sc6c7ccccc7ccc6c45)c3)nc(-c3ccc4c(c3)sc3ccccc34)n2)cc1. The van der Waals surface area contributed by atoms with Crippen LogP contribution in [0.15, 0.2) is 176 Å². The van der Waals surface area contributed by atoms with Crippen molar-refractivity contribution in [3.63, 3.8) is 0 Å². The van der Waals surface area contributed by atoms with Crippen molar-refractivity contribution in [1.29, 1.82) is 0 Å². The molecule has 0 fully saturated rings. The number of hydrogen-bond acceptors (Lipinski definition) is 5. The van der Waals surface area contributed by atoms with Crippen molar-refractivity contribution in [3.8, 4) is 45.3 Å². The minimum absolute atomic E-state index is 0.649. The second-order valence-electron chi connectivity index (χ2n) is 14.3. The van der Waals surface area contributed by atoms with Gasteiger partial charge in [0, 0.05) is 62.4 Å². The fraction of sp³-hybridized carbons (Fsp3) is 0. The minimum atomic E-state index is 0.649. The van der Waals surface area contributed by atoms with Gasteiger partial charge in [-0.25, -0.2) is 15.0 Å². The van der Waals surface area contributed by atoms with E-state index in [1.54, 1.807) is 11.3 Å². The Hall–Kier alpha value is -6.79. The van der Waals surface area contributed by atoms with Gasteiger partial charge in [0.2, 0.25) is 0 Å². The van der Waals surface area contributed by atoms with Crippen molar-refractivity contribution in [3.05, 3.63) is 176 Å². The summed E-state index contributed by atoms with van der Waals surface area (Å²) in [7, 11) is 0. The molecule has 12 rings (SSSR count). The zero-order valence-electron chi connectivity index (χ0n) is 29.9. The van der Waals surface area contributed by atoms with E-state index in [2.05, 4.69) is 158 Å². The molecule has 0 aliphatic rings. The molecule has 260 valence electrons. The molecule has 0 atom stereocenters. The number of fused-ring (bicyclic) bond motifs is 12. The van der Waals surface area contributed by atoms with Crippen LogP contribution in [0.3, 0.4) is 0 Å². The van der Waals surface area contributed by atoms with Gasteiger partial charge >= 0.3 is 0 Å². The van der Waals surface area contributed by atoms with Gasteiger partial charge in [-0.15, -0.1) is 22.7 Å². The molecule has 9 aromatic carbocycles. The van der Waals surface area contributed by atoms with E-state index in [4.69, 9.17) is 15.0 Å². The lowest BCUT2D eigenvalue weighted by Gasteiger charge is -2.13. The number of nitrogens with zero attached hydrogens (tertiary/aromatic N) is 3. The van der Waals surface area contributed by atoms with Crippen LogP contribution in [-0.4, -0.2) is 15.0 Å². The Kier molecular flexibility index (Phi) is 6.97. The molecule has 5 heteroatoms. The summed E-state index contributed by atoms with van der Waals surface area (Å²) in [6.07, 6.45) is 0. The largest absolute Gasteiger partial charge is 0.208 e. The Morgan fingerprint density at radius 2 is 0.893 bits per heavy atom. The lowest BCUT2D eigenvalue weighted by Crippen LogP contribution is -2.00. The number of hydrogen-bond donors (Lipinski definition) is 0. The van der Waals surface area contributed by atoms with Crippen LogP contribution in [0.2, 0.25) is 0 Å². The summed E-state index contributed by atoms with van der Waals surface area (Å²) in [6.45, 7) is 0. The quantitative estimate of drug-likeness (QED) is 0.168. The van der Waals surface area contributed by atoms with Gasteiger partial charge in [-0.05, 0) is 62.3 Å². The molecule has 0 saturated carbocycles. The first kappa shape index (κ1) is 31.5. The Bertz CT molecular complexity index is 3550. The molecule has 0 saturated heterocycles. The molecule has 3 heterocycles. The van der Waals surface area contributed by atoms with Gasteiger partial charge in [-0.1, -0.05) is 152 Å². The van der Waals surface area contributed by atoms with Crippen LogP contribution < -0.4 is 0 Å². The average molecular weight is 748 g/mol. The van der Waals surface area contributed by atoms with Crippen LogP contribution in [0.25, 0.3) is 118 Å². The number of benzene rings is 9. The molecular weight excluding hydrogens is 719 g/mol. The molecule has 0 N–H and O–H groups in total. The van der Waals surface area contributed by atoms with Crippen molar-refractivity contribution in [2.45, 2.75) is 0 Å². The van der Waals surface area contributed by atoms with Gasteiger partial charge in [0.15, 0.2) is 17.5 Å². The van der Waals surface area contributed by atoms with Crippen molar-refractivity contribution < 1.29 is 0 Å². The van der Waals surface area contributed by atoms with Crippen LogP contribution in [0.4, 0.5) is 0 Å². The molecule has 0 aliphatic carbocycles. The van der Waals surface area contributed by atoms with Crippen LogP contribution >= 0.6 is 22.7 Å². The summed E-state index contributed by atoms with van der Waals surface area (Å²) < 4.78 is 5.13. The van der Waals surface area contributed by atoms with Crippen LogP contribution in [0.1, 0.15) is 0 Å². The van der Waals surface area contributed by atoms with Gasteiger partial charge in [-0.3, -0.25) is 0 Å². The molecule has 0 bridgehead atoms. The summed E-state index contributed by atoms with van der Waals surface area (Å²) in [5, 5.41) is 12.7. The monoisotopic (exact) mass is 747 g/mol. The van der Waals surface area contributed by atoms with E-state index in [0.29, 0.717) is 17.5 Å². The highest BCUT2D eigenvalue weighted by Crippen LogP contribution is 2.48. The maximum absolute atomic E-state index is 5.20. The van der Waals surface area contributed by atoms with Crippen LogP contribution in [0, 0.1) is 0 Å². The van der Waals surface area contributed by atoms with Crippen LogP contribution in [-0.2, 0) is 0 Å². The predicted octanol–water partition coefficient (Wildman–Crippen LogP) is 14.7. The summed E-state index contributed by atoms with van der Waals surface area (Å²) in [6, 6.07) is 63.2. The molecule has 56 heavy (non-hydrogen) atoms. The molecule has 3 aromatic heterocycles. The first-order valence-corrected chi connectivity index (χ1v) is 20.4. The first-order valence-electron chi connectivity index (χ1n) is 18.8. The standard InChI is InChI=1S/C51H29N3S2/c1-2-13-32(14-3-1)49-52-50(54-51(53-49)36-24-25-40-39-19-8-9-20-43(39)55-44(40)29-36)35-16-10-15-33(27-35)42-28-34-22-21-30-11-4-6-17-37(30)45(34)48-46(42)41-26-23-31-12-5-7-18-38(31)47(41)56-48/h1-29H. The fourth-order valence-corrected chi connectivity index (χ4v) is 11.0. The third-order valence-corrected chi connectivity index (χ3v) is 13.5. The van der Waals surface area contributed by atoms with E-state index < -0.39 is 0 Å². The van der Waals surface area contributed by atoms with Crippen molar-refractivity contribution >= 4 is 95.3 Å². The number of rotatable bonds is 4. The van der Waals surface area contributed by atoms with Gasteiger partial charge in [-0.2, -0.15) is 0 Å². The zero-order chi connectivity index (χ0) is 36.7. The summed E-state index contributed by atoms with van der Waals surface area (Å²) >= 11 is 3.72. The summed E-state index contributed by atoms with van der Waals surface area (Å²) in [4.78, 5) is 15.4. The zero-order valence-corrected chi connectivity index (χ0v) is 31.5.